The predicted octanol–water partition coefficient (Wildman–Crippen LogP) is 4.72. The molecule has 0 saturated carbocycles. The Hall–Kier alpha value is -1.68. The SMILES string of the molecule is CC(C)Oc1ccccc1-c1cc(=S)nc(C(C)C)[nH]1. The molecular weight excluding hydrogens is 268 g/mol. The van der Waals surface area contributed by atoms with Gasteiger partial charge in [0.05, 0.1) is 11.8 Å². The minimum Gasteiger partial charge on any atom is -0.490 e. The number of H-pyrrole nitrogens is 1. The minimum absolute atomic E-state index is 0.130. The molecule has 0 fully saturated rings. The molecule has 1 heterocycles. The fraction of sp³-hybridized carbons (Fsp3) is 0.375. The van der Waals surface area contributed by atoms with E-state index in [-0.39, 0.29) is 6.10 Å². The molecule has 0 saturated heterocycles. The summed E-state index contributed by atoms with van der Waals surface area (Å²) < 4.78 is 6.46. The highest BCUT2D eigenvalue weighted by atomic mass is 32.1. The minimum atomic E-state index is 0.130. The first-order chi connectivity index (χ1) is 9.47. The maximum Gasteiger partial charge on any atom is 0.130 e. The Bertz CT molecular complexity index is 647. The van der Waals surface area contributed by atoms with Crippen molar-refractivity contribution < 1.29 is 4.74 Å². The van der Waals surface area contributed by atoms with E-state index < -0.39 is 0 Å². The van der Waals surface area contributed by atoms with Crippen molar-refractivity contribution in [2.75, 3.05) is 0 Å². The molecule has 1 N–H and O–H groups in total. The van der Waals surface area contributed by atoms with Crippen LogP contribution in [0.15, 0.2) is 30.3 Å². The number of aromatic amines is 1. The summed E-state index contributed by atoms with van der Waals surface area (Å²) in [6, 6.07) is 9.85. The first-order valence-corrected chi connectivity index (χ1v) is 7.25. The van der Waals surface area contributed by atoms with Crippen molar-refractivity contribution in [3.05, 3.63) is 40.8 Å². The first-order valence-electron chi connectivity index (χ1n) is 6.84. The maximum atomic E-state index is 5.87. The highest BCUT2D eigenvalue weighted by Crippen LogP contribution is 2.29. The van der Waals surface area contributed by atoms with E-state index >= 15 is 0 Å². The number of para-hydroxylation sites is 1. The topological polar surface area (TPSA) is 37.9 Å². The van der Waals surface area contributed by atoms with Gasteiger partial charge < -0.3 is 9.72 Å². The van der Waals surface area contributed by atoms with Crippen molar-refractivity contribution in [3.8, 4) is 17.0 Å². The van der Waals surface area contributed by atoms with Gasteiger partial charge in [0.25, 0.3) is 0 Å². The van der Waals surface area contributed by atoms with E-state index in [1.54, 1.807) is 0 Å². The Balaban J connectivity index is 2.54. The summed E-state index contributed by atoms with van der Waals surface area (Å²) in [7, 11) is 0. The van der Waals surface area contributed by atoms with Gasteiger partial charge in [0.2, 0.25) is 0 Å². The average molecular weight is 288 g/mol. The van der Waals surface area contributed by atoms with Crippen LogP contribution in [0.5, 0.6) is 5.75 Å². The molecule has 2 aromatic rings. The highest BCUT2D eigenvalue weighted by molar-refractivity contribution is 7.71. The lowest BCUT2D eigenvalue weighted by atomic mass is 10.1. The number of rotatable bonds is 4. The molecule has 0 aliphatic rings. The molecule has 0 radical (unpaired) electrons. The van der Waals surface area contributed by atoms with Crippen molar-refractivity contribution in [2.24, 2.45) is 0 Å². The lowest BCUT2D eigenvalue weighted by Gasteiger charge is -2.15. The van der Waals surface area contributed by atoms with Gasteiger partial charge in [-0.15, -0.1) is 0 Å². The van der Waals surface area contributed by atoms with Crippen LogP contribution in [0.1, 0.15) is 39.4 Å². The van der Waals surface area contributed by atoms with Gasteiger partial charge in [-0.25, -0.2) is 4.98 Å². The van der Waals surface area contributed by atoms with Crippen molar-refractivity contribution in [1.29, 1.82) is 0 Å². The normalized spacial score (nSPS) is 11.1. The third-order valence-electron chi connectivity index (χ3n) is 2.85. The average Bonchev–Trinajstić information content (AvgIpc) is 2.37. The summed E-state index contributed by atoms with van der Waals surface area (Å²) in [5, 5.41) is 0. The predicted molar refractivity (Wildman–Crippen MR) is 84.7 cm³/mol. The van der Waals surface area contributed by atoms with Gasteiger partial charge in [0, 0.05) is 11.5 Å². The third-order valence-corrected chi connectivity index (χ3v) is 3.06. The zero-order valence-corrected chi connectivity index (χ0v) is 13.1. The lowest BCUT2D eigenvalue weighted by molar-refractivity contribution is 0.243. The summed E-state index contributed by atoms with van der Waals surface area (Å²) in [5.74, 6) is 2.05. The number of hydrogen-bond acceptors (Lipinski definition) is 3. The lowest BCUT2D eigenvalue weighted by Crippen LogP contribution is -2.07. The van der Waals surface area contributed by atoms with Crippen molar-refractivity contribution in [1.82, 2.24) is 9.97 Å². The van der Waals surface area contributed by atoms with Gasteiger partial charge in [0.1, 0.15) is 16.2 Å². The largest absolute Gasteiger partial charge is 0.490 e. The smallest absolute Gasteiger partial charge is 0.130 e. The summed E-state index contributed by atoms with van der Waals surface area (Å²) >= 11 is 5.27. The Kier molecular flexibility index (Phi) is 4.55. The van der Waals surface area contributed by atoms with Gasteiger partial charge in [-0.3, -0.25) is 0 Å². The fourth-order valence-corrected chi connectivity index (χ4v) is 2.16. The Morgan fingerprint density at radius 3 is 2.50 bits per heavy atom. The van der Waals surface area contributed by atoms with Crippen LogP contribution >= 0.6 is 12.2 Å². The van der Waals surface area contributed by atoms with Gasteiger partial charge in [-0.1, -0.05) is 38.2 Å². The number of nitrogens with zero attached hydrogens (tertiary/aromatic N) is 1. The summed E-state index contributed by atoms with van der Waals surface area (Å²) in [4.78, 5) is 7.72. The van der Waals surface area contributed by atoms with Gasteiger partial charge in [0.15, 0.2) is 0 Å². The van der Waals surface area contributed by atoms with Crippen LogP contribution in [0.3, 0.4) is 0 Å². The fourth-order valence-electron chi connectivity index (χ4n) is 1.94. The number of nitrogens with one attached hydrogen (secondary N) is 1. The van der Waals surface area contributed by atoms with Crippen LogP contribution < -0.4 is 4.74 Å². The van der Waals surface area contributed by atoms with Crippen LogP contribution in [0.4, 0.5) is 0 Å². The Morgan fingerprint density at radius 1 is 1.15 bits per heavy atom. The first kappa shape index (κ1) is 14.7. The molecule has 1 aromatic carbocycles. The van der Waals surface area contributed by atoms with Gasteiger partial charge in [-0.2, -0.15) is 0 Å². The van der Waals surface area contributed by atoms with Gasteiger partial charge in [-0.05, 0) is 32.0 Å². The van der Waals surface area contributed by atoms with E-state index in [1.807, 2.05) is 44.2 Å². The molecule has 0 bridgehead atoms. The molecule has 0 unspecified atom stereocenters. The second kappa shape index (κ2) is 6.18. The number of aromatic nitrogens is 2. The zero-order chi connectivity index (χ0) is 14.7. The number of ether oxygens (including phenoxy) is 1. The summed E-state index contributed by atoms with van der Waals surface area (Å²) in [6.07, 6.45) is 0.130. The zero-order valence-electron chi connectivity index (χ0n) is 12.3. The Morgan fingerprint density at radius 2 is 1.85 bits per heavy atom. The van der Waals surface area contributed by atoms with E-state index in [0.717, 1.165) is 22.8 Å². The molecule has 3 nitrogen and oxygen atoms in total. The molecule has 4 heteroatoms. The molecule has 0 amide bonds. The van der Waals surface area contributed by atoms with Crippen molar-refractivity contribution in [2.45, 2.75) is 39.7 Å². The molecule has 106 valence electrons. The van der Waals surface area contributed by atoms with Crippen LogP contribution in [-0.2, 0) is 0 Å². The van der Waals surface area contributed by atoms with E-state index in [1.165, 1.54) is 0 Å². The molecule has 0 aliphatic heterocycles. The highest BCUT2D eigenvalue weighted by Gasteiger charge is 2.10. The van der Waals surface area contributed by atoms with Crippen LogP contribution in [0.2, 0.25) is 0 Å². The van der Waals surface area contributed by atoms with Crippen LogP contribution in [-0.4, -0.2) is 16.1 Å². The summed E-state index contributed by atoms with van der Waals surface area (Å²) in [6.45, 7) is 8.22. The van der Waals surface area contributed by atoms with Crippen LogP contribution in [0.25, 0.3) is 11.3 Å². The Labute approximate surface area is 125 Å². The van der Waals surface area contributed by atoms with Crippen molar-refractivity contribution >= 4 is 12.2 Å². The standard InChI is InChI=1S/C16H20N2OS/c1-10(2)16-17-13(9-15(20)18-16)12-7-5-6-8-14(12)19-11(3)4/h5-11H,1-4H3,(H,17,18,20). The maximum absolute atomic E-state index is 5.87. The summed E-state index contributed by atoms with van der Waals surface area (Å²) in [5.41, 5.74) is 1.96. The monoisotopic (exact) mass is 288 g/mol. The molecule has 2 rings (SSSR count). The van der Waals surface area contributed by atoms with E-state index in [0.29, 0.717) is 10.6 Å². The van der Waals surface area contributed by atoms with Crippen LogP contribution in [0, 0.1) is 4.64 Å². The number of hydrogen-bond donors (Lipinski definition) is 1. The molecule has 0 aliphatic carbocycles. The second-order valence-corrected chi connectivity index (χ2v) is 5.75. The van der Waals surface area contributed by atoms with E-state index in [4.69, 9.17) is 17.0 Å². The molecule has 1 aromatic heterocycles. The third kappa shape index (κ3) is 3.45. The molecule has 0 spiro atoms. The van der Waals surface area contributed by atoms with E-state index in [2.05, 4.69) is 23.8 Å². The van der Waals surface area contributed by atoms with E-state index in [9.17, 15) is 0 Å². The molecule has 0 atom stereocenters. The van der Waals surface area contributed by atoms with Crippen molar-refractivity contribution in [3.63, 3.8) is 0 Å². The van der Waals surface area contributed by atoms with Gasteiger partial charge >= 0.3 is 0 Å². The molecule has 20 heavy (non-hydrogen) atoms. The quantitative estimate of drug-likeness (QED) is 0.827. The number of benzene rings is 1. The second-order valence-electron chi connectivity index (χ2n) is 5.34. The molecular formula is C16H20N2OS.